The molecule has 21 heavy (non-hydrogen) atoms. The summed E-state index contributed by atoms with van der Waals surface area (Å²) in [6.07, 6.45) is 1.12. The van der Waals surface area contributed by atoms with Crippen LogP contribution in [0, 0.1) is 5.82 Å². The van der Waals surface area contributed by atoms with E-state index in [2.05, 4.69) is 35.5 Å². The highest BCUT2D eigenvalue weighted by Gasteiger charge is 2.10. The topological polar surface area (TPSA) is 15.3 Å². The molecule has 0 unspecified atom stereocenters. The van der Waals surface area contributed by atoms with Gasteiger partial charge in [0.2, 0.25) is 0 Å². The molecule has 3 rings (SSSR count). The fourth-order valence-corrected chi connectivity index (χ4v) is 2.95. The van der Waals surface area contributed by atoms with E-state index in [0.717, 1.165) is 38.2 Å². The van der Waals surface area contributed by atoms with E-state index in [1.54, 1.807) is 12.1 Å². The zero-order valence-electron chi connectivity index (χ0n) is 12.4. The first-order valence-corrected chi connectivity index (χ1v) is 7.45. The number of halogens is 1. The molecule has 2 aromatic rings. The molecule has 0 aromatic heterocycles. The summed E-state index contributed by atoms with van der Waals surface area (Å²) in [5, 5.41) is 3.41. The zero-order valence-corrected chi connectivity index (χ0v) is 12.4. The van der Waals surface area contributed by atoms with Gasteiger partial charge in [0.1, 0.15) is 5.82 Å². The maximum absolute atomic E-state index is 13.2. The zero-order chi connectivity index (χ0) is 14.7. The minimum absolute atomic E-state index is 0.166. The predicted octanol–water partition coefficient (Wildman–Crippen LogP) is 3.10. The number of rotatable bonds is 4. The van der Waals surface area contributed by atoms with Crippen LogP contribution in [0.25, 0.3) is 0 Å². The quantitative estimate of drug-likeness (QED) is 0.928. The van der Waals surface area contributed by atoms with Crippen LogP contribution in [0.1, 0.15) is 22.3 Å². The first kappa shape index (κ1) is 14.2. The monoisotopic (exact) mass is 284 g/mol. The number of hydrogen-bond acceptors (Lipinski definition) is 2. The van der Waals surface area contributed by atoms with Gasteiger partial charge in [-0.2, -0.15) is 0 Å². The standard InChI is InChI=1S/C18H21FN2/c1-21(12-14-3-2-4-18(19)10-14)13-15-5-6-16-7-8-20-11-17(16)9-15/h2-6,9-10,20H,7-8,11-13H2,1H3. The smallest absolute Gasteiger partial charge is 0.123 e. The lowest BCUT2D eigenvalue weighted by atomic mass is 9.98. The number of hydrogen-bond donors (Lipinski definition) is 1. The molecule has 1 aliphatic heterocycles. The molecule has 0 spiro atoms. The van der Waals surface area contributed by atoms with Crippen LogP contribution >= 0.6 is 0 Å². The van der Waals surface area contributed by atoms with E-state index in [1.807, 2.05) is 6.07 Å². The Hall–Kier alpha value is -1.71. The van der Waals surface area contributed by atoms with Crippen LogP contribution in [0.2, 0.25) is 0 Å². The largest absolute Gasteiger partial charge is 0.312 e. The normalized spacial score (nSPS) is 14.2. The van der Waals surface area contributed by atoms with Crippen molar-refractivity contribution < 1.29 is 4.39 Å². The van der Waals surface area contributed by atoms with Gasteiger partial charge in [-0.25, -0.2) is 4.39 Å². The average Bonchev–Trinajstić information content (AvgIpc) is 2.47. The Morgan fingerprint density at radius 3 is 2.67 bits per heavy atom. The van der Waals surface area contributed by atoms with Crippen LogP contribution in [0.5, 0.6) is 0 Å². The first-order chi connectivity index (χ1) is 10.2. The highest BCUT2D eigenvalue weighted by atomic mass is 19.1. The summed E-state index contributed by atoms with van der Waals surface area (Å²) in [5.41, 5.74) is 5.21. The molecule has 1 heterocycles. The Morgan fingerprint density at radius 1 is 1.05 bits per heavy atom. The van der Waals surface area contributed by atoms with Gasteiger partial charge in [-0.1, -0.05) is 30.3 Å². The number of fused-ring (bicyclic) bond motifs is 1. The number of nitrogens with zero attached hydrogens (tertiary/aromatic N) is 1. The van der Waals surface area contributed by atoms with Crippen molar-refractivity contribution in [1.29, 1.82) is 0 Å². The van der Waals surface area contributed by atoms with Crippen molar-refractivity contribution >= 4 is 0 Å². The van der Waals surface area contributed by atoms with E-state index in [4.69, 9.17) is 0 Å². The third-order valence-corrected chi connectivity index (χ3v) is 3.95. The Kier molecular flexibility index (Phi) is 4.32. The molecule has 0 saturated carbocycles. The van der Waals surface area contributed by atoms with E-state index >= 15 is 0 Å². The summed E-state index contributed by atoms with van der Waals surface area (Å²) in [4.78, 5) is 2.22. The molecule has 1 N–H and O–H groups in total. The van der Waals surface area contributed by atoms with Gasteiger partial charge in [-0.05, 0) is 54.4 Å². The summed E-state index contributed by atoms with van der Waals surface area (Å²) in [6.45, 7) is 3.68. The van der Waals surface area contributed by atoms with Crippen molar-refractivity contribution in [3.05, 3.63) is 70.5 Å². The predicted molar refractivity (Wildman–Crippen MR) is 83.4 cm³/mol. The van der Waals surface area contributed by atoms with Crippen molar-refractivity contribution in [2.45, 2.75) is 26.1 Å². The first-order valence-electron chi connectivity index (χ1n) is 7.45. The van der Waals surface area contributed by atoms with Crippen molar-refractivity contribution in [2.75, 3.05) is 13.6 Å². The molecule has 0 fully saturated rings. The second kappa shape index (κ2) is 6.37. The minimum Gasteiger partial charge on any atom is -0.312 e. The van der Waals surface area contributed by atoms with Crippen LogP contribution in [-0.2, 0) is 26.1 Å². The molecule has 0 amide bonds. The Balaban J connectivity index is 1.65. The van der Waals surface area contributed by atoms with Crippen LogP contribution in [0.4, 0.5) is 4.39 Å². The molecule has 0 bridgehead atoms. The highest BCUT2D eigenvalue weighted by molar-refractivity contribution is 5.33. The van der Waals surface area contributed by atoms with Gasteiger partial charge in [0.15, 0.2) is 0 Å². The molecule has 0 saturated heterocycles. The summed E-state index contributed by atoms with van der Waals surface area (Å²) in [7, 11) is 2.07. The minimum atomic E-state index is -0.166. The molecule has 1 aliphatic rings. The molecule has 110 valence electrons. The van der Waals surface area contributed by atoms with Crippen LogP contribution < -0.4 is 5.32 Å². The second-order valence-corrected chi connectivity index (χ2v) is 5.83. The molecule has 0 radical (unpaired) electrons. The van der Waals surface area contributed by atoms with Crippen LogP contribution in [0.3, 0.4) is 0 Å². The molecule has 0 atom stereocenters. The van der Waals surface area contributed by atoms with Gasteiger partial charge < -0.3 is 5.32 Å². The van der Waals surface area contributed by atoms with Gasteiger partial charge in [-0.15, -0.1) is 0 Å². The lowest BCUT2D eigenvalue weighted by Gasteiger charge is -2.21. The van der Waals surface area contributed by atoms with Gasteiger partial charge in [0.25, 0.3) is 0 Å². The third kappa shape index (κ3) is 3.69. The van der Waals surface area contributed by atoms with Crippen LogP contribution in [0.15, 0.2) is 42.5 Å². The van der Waals surface area contributed by atoms with Crippen molar-refractivity contribution in [2.24, 2.45) is 0 Å². The second-order valence-electron chi connectivity index (χ2n) is 5.83. The van der Waals surface area contributed by atoms with E-state index in [1.165, 1.54) is 22.8 Å². The lowest BCUT2D eigenvalue weighted by Crippen LogP contribution is -2.24. The van der Waals surface area contributed by atoms with Gasteiger partial charge in [0.05, 0.1) is 0 Å². The van der Waals surface area contributed by atoms with Crippen molar-refractivity contribution in [3.63, 3.8) is 0 Å². The summed E-state index contributed by atoms with van der Waals surface area (Å²) >= 11 is 0. The molecule has 0 aliphatic carbocycles. The van der Waals surface area contributed by atoms with Crippen molar-refractivity contribution in [1.82, 2.24) is 10.2 Å². The van der Waals surface area contributed by atoms with E-state index in [0.29, 0.717) is 0 Å². The summed E-state index contributed by atoms with van der Waals surface area (Å²) in [6, 6.07) is 13.6. The SMILES string of the molecule is CN(Cc1cccc(F)c1)Cc1ccc2c(c1)CNCC2. The lowest BCUT2D eigenvalue weighted by molar-refractivity contribution is 0.318. The van der Waals surface area contributed by atoms with Crippen molar-refractivity contribution in [3.8, 4) is 0 Å². The van der Waals surface area contributed by atoms with E-state index in [-0.39, 0.29) is 5.82 Å². The van der Waals surface area contributed by atoms with E-state index in [9.17, 15) is 4.39 Å². The highest BCUT2D eigenvalue weighted by Crippen LogP contribution is 2.17. The Morgan fingerprint density at radius 2 is 1.86 bits per heavy atom. The fourth-order valence-electron chi connectivity index (χ4n) is 2.95. The summed E-state index contributed by atoms with van der Waals surface area (Å²) in [5.74, 6) is -0.166. The number of benzene rings is 2. The summed E-state index contributed by atoms with van der Waals surface area (Å²) < 4.78 is 13.2. The molecule has 2 nitrogen and oxygen atoms in total. The average molecular weight is 284 g/mol. The fraction of sp³-hybridized carbons (Fsp3) is 0.333. The van der Waals surface area contributed by atoms with Crippen LogP contribution in [-0.4, -0.2) is 18.5 Å². The van der Waals surface area contributed by atoms with Gasteiger partial charge in [0, 0.05) is 19.6 Å². The molecular weight excluding hydrogens is 263 g/mol. The molecular formula is C18H21FN2. The Bertz CT molecular complexity index is 624. The third-order valence-electron chi connectivity index (χ3n) is 3.95. The maximum Gasteiger partial charge on any atom is 0.123 e. The van der Waals surface area contributed by atoms with Gasteiger partial charge >= 0.3 is 0 Å². The maximum atomic E-state index is 13.2. The number of nitrogens with one attached hydrogen (secondary N) is 1. The van der Waals surface area contributed by atoms with E-state index < -0.39 is 0 Å². The van der Waals surface area contributed by atoms with Gasteiger partial charge in [-0.3, -0.25) is 4.90 Å². The Labute approximate surface area is 125 Å². The molecule has 3 heteroatoms. The molecule has 2 aromatic carbocycles.